The van der Waals surface area contributed by atoms with Gasteiger partial charge in [-0.25, -0.2) is 4.99 Å². The van der Waals surface area contributed by atoms with Crippen LogP contribution in [0.15, 0.2) is 46.8 Å². The van der Waals surface area contributed by atoms with Gasteiger partial charge in [-0.3, -0.25) is 4.79 Å². The maximum Gasteiger partial charge on any atom is 0.202 e. The number of amidine groups is 1. The third kappa shape index (κ3) is 2.97. The van der Waals surface area contributed by atoms with Gasteiger partial charge >= 0.3 is 0 Å². The van der Waals surface area contributed by atoms with Gasteiger partial charge in [0.05, 0.1) is 16.4 Å². The van der Waals surface area contributed by atoms with Gasteiger partial charge in [-0.1, -0.05) is 6.07 Å². The van der Waals surface area contributed by atoms with Crippen LogP contribution in [-0.4, -0.2) is 17.5 Å². The number of carbonyl (C=O) groups excluding carboxylic acids is 1. The molecular formula is C13H11ClN2OS. The van der Waals surface area contributed by atoms with Crippen LogP contribution in [0.1, 0.15) is 15.2 Å². The molecule has 0 aliphatic rings. The van der Waals surface area contributed by atoms with Crippen LogP contribution in [-0.2, 0) is 0 Å². The van der Waals surface area contributed by atoms with Gasteiger partial charge in [0.25, 0.3) is 0 Å². The summed E-state index contributed by atoms with van der Waals surface area (Å²) in [5, 5.41) is 1.88. The van der Waals surface area contributed by atoms with E-state index in [2.05, 4.69) is 4.99 Å². The molecule has 0 amide bonds. The molecule has 1 heterocycles. The fourth-order valence-corrected chi connectivity index (χ4v) is 2.18. The van der Waals surface area contributed by atoms with Crippen molar-refractivity contribution < 1.29 is 4.79 Å². The molecule has 0 saturated heterocycles. The first kappa shape index (κ1) is 12.8. The lowest BCUT2D eigenvalue weighted by Gasteiger charge is -2.00. The number of aliphatic imine (C=N–C) groups is 1. The molecule has 0 unspecified atom stereocenters. The molecule has 18 heavy (non-hydrogen) atoms. The van der Waals surface area contributed by atoms with Crippen LogP contribution in [0.3, 0.4) is 0 Å². The normalized spacial score (nSPS) is 11.5. The Bertz CT molecular complexity index is 561. The quantitative estimate of drug-likeness (QED) is 0.404. The second-order valence-electron chi connectivity index (χ2n) is 3.59. The lowest BCUT2D eigenvalue weighted by Crippen LogP contribution is -2.12. The predicted octanol–water partition coefficient (Wildman–Crippen LogP) is 3.21. The largest absolute Gasteiger partial charge is 0.386 e. The maximum atomic E-state index is 12.0. The third-order valence-electron chi connectivity index (χ3n) is 2.28. The lowest BCUT2D eigenvalue weighted by molar-refractivity contribution is 0.104. The number of ketones is 1. The highest BCUT2D eigenvalue weighted by Crippen LogP contribution is 2.18. The Labute approximate surface area is 114 Å². The molecule has 0 spiro atoms. The van der Waals surface area contributed by atoms with Gasteiger partial charge in [0.2, 0.25) is 5.78 Å². The number of hydrogen-bond acceptors (Lipinski definition) is 3. The SMILES string of the molecule is NC(CCl)=Nc1ccc(C(=O)c2cccs2)cc1. The molecule has 0 fully saturated rings. The summed E-state index contributed by atoms with van der Waals surface area (Å²) in [6.07, 6.45) is 0. The van der Waals surface area contributed by atoms with Crippen LogP contribution in [0.5, 0.6) is 0 Å². The minimum Gasteiger partial charge on any atom is -0.386 e. The van der Waals surface area contributed by atoms with Crippen LogP contribution in [0.4, 0.5) is 5.69 Å². The average molecular weight is 279 g/mol. The van der Waals surface area contributed by atoms with Crippen LogP contribution in [0.25, 0.3) is 0 Å². The Morgan fingerprint density at radius 3 is 2.56 bits per heavy atom. The van der Waals surface area contributed by atoms with Crippen molar-refractivity contribution in [1.29, 1.82) is 0 Å². The van der Waals surface area contributed by atoms with Crippen molar-refractivity contribution in [3.05, 3.63) is 52.2 Å². The van der Waals surface area contributed by atoms with E-state index in [-0.39, 0.29) is 11.7 Å². The first-order valence-electron chi connectivity index (χ1n) is 5.28. The van der Waals surface area contributed by atoms with Gasteiger partial charge in [0.1, 0.15) is 5.84 Å². The van der Waals surface area contributed by atoms with Crippen molar-refractivity contribution in [3.63, 3.8) is 0 Å². The second-order valence-corrected chi connectivity index (χ2v) is 4.81. The van der Waals surface area contributed by atoms with E-state index in [0.29, 0.717) is 17.1 Å². The zero-order valence-electron chi connectivity index (χ0n) is 9.47. The Morgan fingerprint density at radius 1 is 1.28 bits per heavy atom. The van der Waals surface area contributed by atoms with Gasteiger partial charge in [-0.2, -0.15) is 0 Å². The van der Waals surface area contributed by atoms with Gasteiger partial charge in [-0.15, -0.1) is 22.9 Å². The maximum absolute atomic E-state index is 12.0. The monoisotopic (exact) mass is 278 g/mol. The molecular weight excluding hydrogens is 268 g/mol. The highest BCUT2D eigenvalue weighted by molar-refractivity contribution is 7.12. The summed E-state index contributed by atoms with van der Waals surface area (Å²) in [4.78, 5) is 16.8. The van der Waals surface area contributed by atoms with E-state index in [1.165, 1.54) is 11.3 Å². The molecule has 92 valence electrons. The number of carbonyl (C=O) groups is 1. The zero-order chi connectivity index (χ0) is 13.0. The molecule has 5 heteroatoms. The zero-order valence-corrected chi connectivity index (χ0v) is 11.0. The molecule has 0 saturated carbocycles. The Hall–Kier alpha value is -1.65. The van der Waals surface area contributed by atoms with Crippen LogP contribution in [0, 0.1) is 0 Å². The van der Waals surface area contributed by atoms with Crippen molar-refractivity contribution in [2.75, 3.05) is 5.88 Å². The fraction of sp³-hybridized carbons (Fsp3) is 0.0769. The number of rotatable bonds is 4. The summed E-state index contributed by atoms with van der Waals surface area (Å²) in [5.41, 5.74) is 6.86. The van der Waals surface area contributed by atoms with E-state index in [1.807, 2.05) is 17.5 Å². The molecule has 1 aromatic heterocycles. The summed E-state index contributed by atoms with van der Waals surface area (Å²) in [7, 11) is 0. The fourth-order valence-electron chi connectivity index (χ4n) is 1.43. The van der Waals surface area contributed by atoms with Crippen molar-refractivity contribution in [3.8, 4) is 0 Å². The van der Waals surface area contributed by atoms with Crippen molar-refractivity contribution in [2.45, 2.75) is 0 Å². The topological polar surface area (TPSA) is 55.4 Å². The predicted molar refractivity (Wildman–Crippen MR) is 76.2 cm³/mol. The molecule has 2 rings (SSSR count). The lowest BCUT2D eigenvalue weighted by atomic mass is 10.1. The van der Waals surface area contributed by atoms with Crippen molar-refractivity contribution in [2.24, 2.45) is 10.7 Å². The highest BCUT2D eigenvalue weighted by Gasteiger charge is 2.09. The third-order valence-corrected chi connectivity index (χ3v) is 3.43. The Balaban J connectivity index is 2.20. The van der Waals surface area contributed by atoms with Crippen molar-refractivity contribution in [1.82, 2.24) is 0 Å². The molecule has 0 radical (unpaired) electrons. The summed E-state index contributed by atoms with van der Waals surface area (Å²) in [6.45, 7) is 0. The number of nitrogens with two attached hydrogens (primary N) is 1. The first-order valence-corrected chi connectivity index (χ1v) is 6.69. The molecule has 2 aromatic rings. The molecule has 0 bridgehead atoms. The minimum atomic E-state index is 0.0193. The minimum absolute atomic E-state index is 0.0193. The second kappa shape index (κ2) is 5.80. The Morgan fingerprint density at radius 2 is 2.00 bits per heavy atom. The van der Waals surface area contributed by atoms with Crippen LogP contribution >= 0.6 is 22.9 Å². The summed E-state index contributed by atoms with van der Waals surface area (Å²) < 4.78 is 0. The van der Waals surface area contributed by atoms with Gasteiger partial charge in [0.15, 0.2) is 0 Å². The summed E-state index contributed by atoms with van der Waals surface area (Å²) in [6, 6.07) is 10.6. The van der Waals surface area contributed by atoms with Gasteiger partial charge in [-0.05, 0) is 35.7 Å². The van der Waals surface area contributed by atoms with Crippen LogP contribution in [0.2, 0.25) is 0 Å². The van der Waals surface area contributed by atoms with E-state index < -0.39 is 0 Å². The molecule has 0 atom stereocenters. The number of nitrogens with zero attached hydrogens (tertiary/aromatic N) is 1. The number of benzene rings is 1. The number of hydrogen-bond donors (Lipinski definition) is 1. The van der Waals surface area contributed by atoms with Gasteiger partial charge < -0.3 is 5.73 Å². The van der Waals surface area contributed by atoms with Gasteiger partial charge in [0, 0.05) is 5.56 Å². The summed E-state index contributed by atoms with van der Waals surface area (Å²) >= 11 is 6.97. The smallest absolute Gasteiger partial charge is 0.202 e. The Kier molecular flexibility index (Phi) is 4.12. The van der Waals surface area contributed by atoms with E-state index in [9.17, 15) is 4.79 Å². The number of halogens is 1. The van der Waals surface area contributed by atoms with E-state index in [1.54, 1.807) is 24.3 Å². The standard InChI is InChI=1S/C13H11ClN2OS/c14-8-12(15)16-10-5-3-9(4-6-10)13(17)11-2-1-7-18-11/h1-7H,8H2,(H2,15,16). The van der Waals surface area contributed by atoms with E-state index >= 15 is 0 Å². The average Bonchev–Trinajstić information content (AvgIpc) is 2.92. The highest BCUT2D eigenvalue weighted by atomic mass is 35.5. The van der Waals surface area contributed by atoms with E-state index in [4.69, 9.17) is 17.3 Å². The molecule has 2 N–H and O–H groups in total. The molecule has 3 nitrogen and oxygen atoms in total. The first-order chi connectivity index (χ1) is 8.70. The number of alkyl halides is 1. The van der Waals surface area contributed by atoms with E-state index in [0.717, 1.165) is 4.88 Å². The van der Waals surface area contributed by atoms with Crippen molar-refractivity contribution >= 4 is 40.2 Å². The number of thiophene rings is 1. The molecule has 0 aliphatic carbocycles. The molecule has 0 aliphatic heterocycles. The molecule has 1 aromatic carbocycles. The summed E-state index contributed by atoms with van der Waals surface area (Å²) in [5.74, 6) is 0.565. The van der Waals surface area contributed by atoms with Crippen LogP contribution < -0.4 is 5.73 Å².